The number of hydrogen-bond donors (Lipinski definition) is 0. The van der Waals surface area contributed by atoms with Crippen LogP contribution in [0.25, 0.3) is 0 Å². The molecule has 0 spiro atoms. The number of nitrogens with zero attached hydrogens (tertiary/aromatic N) is 2. The average Bonchev–Trinajstić information content (AvgIpc) is 3.06. The van der Waals surface area contributed by atoms with Gasteiger partial charge < -0.3 is 4.57 Å². The highest BCUT2D eigenvalue weighted by Crippen LogP contribution is 2.15. The third kappa shape index (κ3) is 3.67. The van der Waals surface area contributed by atoms with Crippen molar-refractivity contribution in [3.8, 4) is 12.3 Å². The van der Waals surface area contributed by atoms with Gasteiger partial charge in [-0.2, -0.15) is 0 Å². The first-order valence-corrected chi connectivity index (χ1v) is 8.22. The highest BCUT2D eigenvalue weighted by molar-refractivity contribution is 7.09. The van der Waals surface area contributed by atoms with Gasteiger partial charge in [0.15, 0.2) is 0 Å². The van der Waals surface area contributed by atoms with E-state index in [1.165, 1.54) is 28.2 Å². The van der Waals surface area contributed by atoms with E-state index in [0.29, 0.717) is 17.7 Å². The summed E-state index contributed by atoms with van der Waals surface area (Å²) in [4.78, 5) is 28.6. The fourth-order valence-corrected chi connectivity index (χ4v) is 3.10. The lowest BCUT2D eigenvalue weighted by atomic mass is 10.2. The standard InChI is InChI=1S/C19H14N2O2S/c1-2-14-8-9-19(23)21(11-14)12-17(22)16-13-24-18(20-16)10-15-6-4-3-5-7-15/h1,3-9,11,13H,10,12H2. The zero-order chi connectivity index (χ0) is 16.9. The van der Waals surface area contributed by atoms with Gasteiger partial charge in [0.1, 0.15) is 5.69 Å². The number of pyridine rings is 1. The molecule has 0 amide bonds. The number of aromatic nitrogens is 2. The second-order valence-electron chi connectivity index (χ2n) is 5.24. The number of thiazole rings is 1. The molecule has 0 aliphatic carbocycles. The Balaban J connectivity index is 1.75. The van der Waals surface area contributed by atoms with Crippen LogP contribution < -0.4 is 5.56 Å². The molecule has 0 fully saturated rings. The summed E-state index contributed by atoms with van der Waals surface area (Å²) in [5.74, 6) is 2.25. The Labute approximate surface area is 143 Å². The number of Topliss-reactive ketones (excluding diaryl/α,β-unsaturated/α-hetero) is 1. The van der Waals surface area contributed by atoms with Crippen molar-refractivity contribution < 1.29 is 4.79 Å². The van der Waals surface area contributed by atoms with E-state index in [1.807, 2.05) is 30.3 Å². The number of carbonyl (C=O) groups is 1. The molecule has 3 rings (SSSR count). The minimum atomic E-state index is -0.262. The molecule has 0 bridgehead atoms. The van der Waals surface area contributed by atoms with Crippen LogP contribution in [0.4, 0.5) is 0 Å². The first kappa shape index (κ1) is 15.9. The maximum absolute atomic E-state index is 12.4. The van der Waals surface area contributed by atoms with Crippen molar-refractivity contribution in [1.29, 1.82) is 0 Å². The van der Waals surface area contributed by atoms with E-state index < -0.39 is 0 Å². The van der Waals surface area contributed by atoms with Crippen LogP contribution in [0, 0.1) is 12.3 Å². The summed E-state index contributed by atoms with van der Waals surface area (Å²) in [5, 5.41) is 2.60. The largest absolute Gasteiger partial charge is 0.306 e. The normalized spacial score (nSPS) is 10.3. The van der Waals surface area contributed by atoms with E-state index in [0.717, 1.165) is 10.6 Å². The van der Waals surface area contributed by atoms with Gasteiger partial charge in [0.05, 0.1) is 11.6 Å². The van der Waals surface area contributed by atoms with Gasteiger partial charge in [0, 0.05) is 29.6 Å². The average molecular weight is 334 g/mol. The fraction of sp³-hybridized carbons (Fsp3) is 0.105. The molecule has 118 valence electrons. The van der Waals surface area contributed by atoms with Gasteiger partial charge in [-0.25, -0.2) is 4.98 Å². The summed E-state index contributed by atoms with van der Waals surface area (Å²) in [7, 11) is 0. The molecule has 0 aliphatic heterocycles. The van der Waals surface area contributed by atoms with Crippen molar-refractivity contribution in [2.45, 2.75) is 13.0 Å². The van der Waals surface area contributed by atoms with E-state index >= 15 is 0 Å². The van der Waals surface area contributed by atoms with Crippen molar-refractivity contribution in [2.24, 2.45) is 0 Å². The van der Waals surface area contributed by atoms with E-state index in [2.05, 4.69) is 10.9 Å². The molecule has 0 saturated carbocycles. The molecule has 1 aromatic carbocycles. The lowest BCUT2D eigenvalue weighted by Gasteiger charge is -2.03. The number of carbonyl (C=O) groups excluding carboxylic acids is 1. The summed E-state index contributed by atoms with van der Waals surface area (Å²) in [5.41, 5.74) is 1.82. The van der Waals surface area contributed by atoms with Crippen LogP contribution in [-0.4, -0.2) is 15.3 Å². The van der Waals surface area contributed by atoms with Gasteiger partial charge in [0.25, 0.3) is 5.56 Å². The molecule has 0 unspecified atom stereocenters. The minimum Gasteiger partial charge on any atom is -0.306 e. The van der Waals surface area contributed by atoms with Gasteiger partial charge >= 0.3 is 0 Å². The smallest absolute Gasteiger partial charge is 0.251 e. The van der Waals surface area contributed by atoms with Gasteiger partial charge in [-0.05, 0) is 11.6 Å². The lowest BCUT2D eigenvalue weighted by Crippen LogP contribution is -2.23. The van der Waals surface area contributed by atoms with Crippen molar-refractivity contribution >= 4 is 17.1 Å². The van der Waals surface area contributed by atoms with Gasteiger partial charge in [-0.1, -0.05) is 36.3 Å². The SMILES string of the molecule is C#Cc1ccc(=O)n(CC(=O)c2csc(Cc3ccccc3)n2)c1. The maximum atomic E-state index is 12.4. The van der Waals surface area contributed by atoms with Crippen LogP contribution >= 0.6 is 11.3 Å². The van der Waals surface area contributed by atoms with E-state index in [1.54, 1.807) is 11.4 Å². The molecule has 24 heavy (non-hydrogen) atoms. The Morgan fingerprint density at radius 2 is 2.00 bits per heavy atom. The molecule has 0 N–H and O–H groups in total. The van der Waals surface area contributed by atoms with Gasteiger partial charge in [-0.3, -0.25) is 9.59 Å². The third-order valence-corrected chi connectivity index (χ3v) is 4.35. The van der Waals surface area contributed by atoms with Crippen molar-refractivity contribution in [2.75, 3.05) is 0 Å². The first-order chi connectivity index (χ1) is 11.7. The molecule has 3 aromatic rings. The molecule has 0 radical (unpaired) electrons. The molecule has 4 nitrogen and oxygen atoms in total. The van der Waals surface area contributed by atoms with Crippen molar-refractivity contribution in [3.05, 3.63) is 86.2 Å². The number of hydrogen-bond acceptors (Lipinski definition) is 4. The summed E-state index contributed by atoms with van der Waals surface area (Å²) >= 11 is 1.44. The zero-order valence-corrected chi connectivity index (χ0v) is 13.6. The Kier molecular flexibility index (Phi) is 4.69. The second kappa shape index (κ2) is 7.07. The van der Waals surface area contributed by atoms with Crippen LogP contribution in [0.2, 0.25) is 0 Å². The Bertz CT molecular complexity index is 965. The molecule has 0 saturated heterocycles. The molecule has 2 aromatic heterocycles. The fourth-order valence-electron chi connectivity index (χ4n) is 2.27. The van der Waals surface area contributed by atoms with Crippen molar-refractivity contribution in [1.82, 2.24) is 9.55 Å². The molecule has 0 aliphatic rings. The molecule has 5 heteroatoms. The predicted octanol–water partition coefficient (Wildman–Crippen LogP) is 2.76. The molecular weight excluding hydrogens is 320 g/mol. The Hall–Kier alpha value is -2.97. The number of rotatable bonds is 5. The highest BCUT2D eigenvalue weighted by Gasteiger charge is 2.12. The van der Waals surface area contributed by atoms with Crippen molar-refractivity contribution in [3.63, 3.8) is 0 Å². The first-order valence-electron chi connectivity index (χ1n) is 7.34. The van der Waals surface area contributed by atoms with Crippen LogP contribution in [-0.2, 0) is 13.0 Å². The third-order valence-electron chi connectivity index (χ3n) is 3.50. The number of benzene rings is 1. The van der Waals surface area contributed by atoms with E-state index in [9.17, 15) is 9.59 Å². The minimum absolute atomic E-state index is 0.0666. The summed E-state index contributed by atoms with van der Waals surface area (Å²) in [6, 6.07) is 12.9. The van der Waals surface area contributed by atoms with Crippen LogP contribution in [0.3, 0.4) is 0 Å². The number of terminal acetylenes is 1. The highest BCUT2D eigenvalue weighted by atomic mass is 32.1. The monoisotopic (exact) mass is 334 g/mol. The summed E-state index contributed by atoms with van der Waals surface area (Å²) in [6.45, 7) is -0.0666. The lowest BCUT2D eigenvalue weighted by molar-refractivity contribution is 0.0966. The molecular formula is C19H14N2O2S. The molecule has 2 heterocycles. The van der Waals surface area contributed by atoms with Crippen LogP contribution in [0.5, 0.6) is 0 Å². The Morgan fingerprint density at radius 3 is 2.75 bits per heavy atom. The van der Waals surface area contributed by atoms with Gasteiger partial charge in [-0.15, -0.1) is 17.8 Å². The zero-order valence-electron chi connectivity index (χ0n) is 12.8. The van der Waals surface area contributed by atoms with Crippen LogP contribution in [0.15, 0.2) is 58.8 Å². The summed E-state index contributed by atoms with van der Waals surface area (Å²) < 4.78 is 1.31. The molecule has 0 atom stereocenters. The predicted molar refractivity (Wildman–Crippen MR) is 94.3 cm³/mol. The second-order valence-corrected chi connectivity index (χ2v) is 6.18. The number of ketones is 1. The van der Waals surface area contributed by atoms with Gasteiger partial charge in [0.2, 0.25) is 5.78 Å². The van der Waals surface area contributed by atoms with E-state index in [4.69, 9.17) is 6.42 Å². The van der Waals surface area contributed by atoms with Crippen LogP contribution in [0.1, 0.15) is 26.6 Å². The Morgan fingerprint density at radius 1 is 1.21 bits per heavy atom. The topological polar surface area (TPSA) is 52.0 Å². The maximum Gasteiger partial charge on any atom is 0.251 e. The quantitative estimate of drug-likeness (QED) is 0.532. The summed E-state index contributed by atoms with van der Waals surface area (Å²) in [6.07, 6.45) is 7.52. The van der Waals surface area contributed by atoms with E-state index in [-0.39, 0.29) is 17.9 Å².